The Kier molecular flexibility index (Phi) is 17.2. The molecular weight excluding hydrogens is 1080 g/mol. The van der Waals surface area contributed by atoms with Crippen molar-refractivity contribution in [3.05, 3.63) is 328 Å². The van der Waals surface area contributed by atoms with E-state index in [1.165, 1.54) is 0 Å². The van der Waals surface area contributed by atoms with Crippen LogP contribution in [0.4, 0.5) is 0 Å². The summed E-state index contributed by atoms with van der Waals surface area (Å²) in [5.74, 6) is 3.02. The van der Waals surface area contributed by atoms with Gasteiger partial charge in [0.1, 0.15) is 34.5 Å². The van der Waals surface area contributed by atoms with Crippen molar-refractivity contribution in [3.8, 4) is 101 Å². The van der Waals surface area contributed by atoms with E-state index in [0.717, 1.165) is 66.8 Å². The van der Waals surface area contributed by atoms with Crippen LogP contribution < -0.4 is 32.0 Å². The summed E-state index contributed by atoms with van der Waals surface area (Å²) in [6, 6.07) is 109. The van der Waals surface area contributed by atoms with E-state index in [1.54, 1.807) is 0 Å². The predicted octanol–water partition coefficient (Wildman–Crippen LogP) is 21.5. The van der Waals surface area contributed by atoms with Crippen LogP contribution in [-0.4, -0.2) is 0 Å². The minimum atomic E-state index is -4.07. The third-order valence-corrected chi connectivity index (χ3v) is 19.0. The van der Waals surface area contributed by atoms with Crippen LogP contribution >= 0.6 is 24.7 Å². The van der Waals surface area contributed by atoms with Gasteiger partial charge in [0.25, 0.3) is 0 Å². The number of nitrogens with one attached hydrogen (secondary N) is 1. The fourth-order valence-electron chi connectivity index (χ4n) is 9.12. The largest absolute Gasteiger partial charge is 0.443 e. The highest BCUT2D eigenvalue weighted by Gasteiger charge is 2.38. The summed E-state index contributed by atoms with van der Waals surface area (Å²) in [4.78, 5) is 3.69. The van der Waals surface area contributed by atoms with Crippen molar-refractivity contribution in [2.24, 2.45) is 4.52 Å². The summed E-state index contributed by atoms with van der Waals surface area (Å²) in [7, 11) is -8.69. The second-order valence-electron chi connectivity index (χ2n) is 19.1. The maximum atomic E-state index is 7.35. The van der Waals surface area contributed by atoms with E-state index in [9.17, 15) is 0 Å². The van der Waals surface area contributed by atoms with Crippen LogP contribution in [-0.2, 0) is 0 Å². The molecule has 0 amide bonds. The normalized spacial score (nSPS) is 11.2. The summed E-state index contributed by atoms with van der Waals surface area (Å²) in [5, 5.41) is 0. The zero-order valence-corrected chi connectivity index (χ0v) is 47.6. The highest BCUT2D eigenvalue weighted by Crippen LogP contribution is 2.62. The predicted molar refractivity (Wildman–Crippen MR) is 341 cm³/mol. The van der Waals surface area contributed by atoms with E-state index in [-0.39, 0.29) is 0 Å². The zero-order valence-electron chi connectivity index (χ0n) is 44.9. The summed E-state index contributed by atoms with van der Waals surface area (Å²) in [6.07, 6.45) is 0. The second-order valence-corrected chi connectivity index (χ2v) is 23.7. The molecule has 0 saturated carbocycles. The van der Waals surface area contributed by atoms with Crippen LogP contribution in [0.25, 0.3) is 66.8 Å². The van der Waals surface area contributed by atoms with Gasteiger partial charge in [-0.1, -0.05) is 255 Å². The summed E-state index contributed by atoms with van der Waals surface area (Å²) in [5.41, 5.74) is 12.5. The van der Waals surface area contributed by atoms with Gasteiger partial charge in [0, 0.05) is 0 Å². The molecule has 0 atom stereocenters. The lowest BCUT2D eigenvalue weighted by Crippen LogP contribution is -2.19. The zero-order chi connectivity index (χ0) is 55.9. The molecule has 0 radical (unpaired) electrons. The molecule has 0 aromatic heterocycles. The van der Waals surface area contributed by atoms with Gasteiger partial charge in [-0.05, 0) is 140 Å². The first-order valence-corrected chi connectivity index (χ1v) is 30.9. The smallest absolute Gasteiger partial charge is 0.427 e. The van der Waals surface area contributed by atoms with Gasteiger partial charge in [0.2, 0.25) is 0 Å². The highest BCUT2D eigenvalue weighted by atomic mass is 31.3. The lowest BCUT2D eigenvalue weighted by atomic mass is 10.1. The van der Waals surface area contributed by atoms with Crippen molar-refractivity contribution < 1.29 is 27.1 Å². The molecule has 0 bridgehead atoms. The molecular formula is C72H55N2O6P3. The van der Waals surface area contributed by atoms with Crippen LogP contribution in [0.3, 0.4) is 0 Å². The van der Waals surface area contributed by atoms with Gasteiger partial charge in [-0.2, -0.15) is 0 Å². The molecule has 12 aromatic rings. The molecule has 83 heavy (non-hydrogen) atoms. The van der Waals surface area contributed by atoms with E-state index in [4.69, 9.17) is 31.7 Å². The summed E-state index contributed by atoms with van der Waals surface area (Å²) in [6.45, 7) is 0. The lowest BCUT2D eigenvalue weighted by molar-refractivity contribution is 0.447. The Morgan fingerprint density at radius 2 is 0.410 bits per heavy atom. The van der Waals surface area contributed by atoms with Gasteiger partial charge in [-0.25, -0.2) is 0 Å². The Bertz CT molecular complexity index is 3750. The molecule has 12 rings (SSSR count). The summed E-state index contributed by atoms with van der Waals surface area (Å²) < 4.78 is 48.2. The summed E-state index contributed by atoms with van der Waals surface area (Å²) >= 11 is 0. The first kappa shape index (κ1) is 54.1. The van der Waals surface area contributed by atoms with E-state index in [1.807, 2.05) is 255 Å². The molecule has 11 heteroatoms. The molecule has 404 valence electrons. The van der Waals surface area contributed by atoms with Crippen molar-refractivity contribution in [1.29, 1.82) is 0 Å². The number of benzene rings is 12. The van der Waals surface area contributed by atoms with Crippen LogP contribution in [0.2, 0.25) is 0 Å². The lowest BCUT2D eigenvalue weighted by Gasteiger charge is -2.30. The molecule has 1 N–H and O–H groups in total. The Hall–Kier alpha value is -9.51. The van der Waals surface area contributed by atoms with E-state index in [0.29, 0.717) is 34.5 Å². The molecule has 12 aromatic carbocycles. The highest BCUT2D eigenvalue weighted by molar-refractivity contribution is 7.71. The first-order valence-electron chi connectivity index (χ1n) is 27.1. The molecule has 0 fully saturated rings. The molecule has 0 unspecified atom stereocenters. The molecule has 0 aliphatic heterocycles. The quantitative estimate of drug-likeness (QED) is 0.0718. The Balaban J connectivity index is 1.01. The number of hydrogen-bond acceptors (Lipinski definition) is 7. The van der Waals surface area contributed by atoms with E-state index in [2.05, 4.69) is 77.7 Å². The monoisotopic (exact) mass is 1140 g/mol. The Morgan fingerprint density at radius 3 is 0.639 bits per heavy atom. The number of nitrogens with zero attached hydrogens (tertiary/aromatic N) is 1. The molecule has 0 aliphatic carbocycles. The molecule has 0 saturated heterocycles. The van der Waals surface area contributed by atoms with Crippen molar-refractivity contribution in [2.45, 2.75) is 0 Å². The molecule has 0 spiro atoms. The fraction of sp³-hybridized carbons (Fsp3) is 0. The van der Waals surface area contributed by atoms with Gasteiger partial charge in [0.05, 0.1) is 0 Å². The molecule has 0 heterocycles. The van der Waals surface area contributed by atoms with Crippen molar-refractivity contribution in [3.63, 3.8) is 0 Å². The standard InChI is InChI=1S/C72H55N2O6P3/c1-7-19-55(20-8-1)61-31-43-67(44-32-61)75-81(76-68-45-33-62(34-46-68)56-21-9-2-10-22-56)73-83(79-71-51-39-65(40-52-71)59-27-15-5-16-28-59,80-72-53-41-66(42-54-72)60-29-17-6-18-30-60)74-82(77-69-47-35-63(36-48-69)57-23-11-3-12-24-57)78-70-49-37-64(38-50-70)58-25-13-4-14-26-58/h1-54,73H. The van der Waals surface area contributed by atoms with Crippen LogP contribution in [0.15, 0.2) is 332 Å². The van der Waals surface area contributed by atoms with Crippen molar-refractivity contribution in [1.82, 2.24) is 4.86 Å². The number of hydrogen-bond donors (Lipinski definition) is 1. The van der Waals surface area contributed by atoms with Crippen LogP contribution in [0, 0.1) is 0 Å². The number of rotatable bonds is 21. The average Bonchev–Trinajstić information content (AvgIpc) is 3.58. The van der Waals surface area contributed by atoms with Gasteiger partial charge >= 0.3 is 24.7 Å². The third-order valence-electron chi connectivity index (χ3n) is 13.4. The van der Waals surface area contributed by atoms with E-state index >= 15 is 0 Å². The van der Waals surface area contributed by atoms with Gasteiger partial charge < -0.3 is 27.1 Å². The average molecular weight is 1140 g/mol. The SMILES string of the molecule is c1ccc(-c2ccc(OP(N=P(NP(Oc3ccc(-c4ccccc4)cc3)Oc3ccc(-c4ccccc4)cc3)(Oc3ccc(-c4ccccc4)cc3)Oc3ccc(-c4ccccc4)cc3)Oc3ccc(-c4ccccc4)cc3)cc2)cc1. The maximum absolute atomic E-state index is 7.35. The van der Waals surface area contributed by atoms with Gasteiger partial charge in [-0.3, -0.25) is 0 Å². The minimum absolute atomic E-state index is 0.457. The Morgan fingerprint density at radius 1 is 0.217 bits per heavy atom. The van der Waals surface area contributed by atoms with E-state index < -0.39 is 24.7 Å². The van der Waals surface area contributed by atoms with Crippen molar-refractivity contribution in [2.75, 3.05) is 0 Å². The third kappa shape index (κ3) is 14.3. The Labute approximate surface area is 487 Å². The fourth-order valence-corrected chi connectivity index (χ4v) is 14.6. The second kappa shape index (κ2) is 26.4. The molecule has 0 aliphatic rings. The van der Waals surface area contributed by atoms with Gasteiger partial charge in [-0.15, -0.1) is 9.37 Å². The molecule has 8 nitrogen and oxygen atoms in total. The minimum Gasteiger partial charge on any atom is -0.427 e. The van der Waals surface area contributed by atoms with Crippen LogP contribution in [0.1, 0.15) is 0 Å². The van der Waals surface area contributed by atoms with Gasteiger partial charge in [0.15, 0.2) is 0 Å². The first-order chi connectivity index (χ1) is 41.0. The van der Waals surface area contributed by atoms with Crippen molar-refractivity contribution >= 4 is 24.7 Å². The topological polar surface area (TPSA) is 79.8 Å². The maximum Gasteiger partial charge on any atom is 0.443 e. The van der Waals surface area contributed by atoms with Crippen LogP contribution in [0.5, 0.6) is 34.5 Å².